The highest BCUT2D eigenvalue weighted by Crippen LogP contribution is 2.20. The number of carbonyl (C=O) groups is 2. The highest BCUT2D eigenvalue weighted by molar-refractivity contribution is 5.85. The van der Waals surface area contributed by atoms with Gasteiger partial charge in [0, 0.05) is 58.1 Å². The van der Waals surface area contributed by atoms with Crippen molar-refractivity contribution in [1.82, 2.24) is 24.8 Å². The summed E-state index contributed by atoms with van der Waals surface area (Å²) < 4.78 is 11.7. The lowest BCUT2D eigenvalue weighted by atomic mass is 9.99. The summed E-state index contributed by atoms with van der Waals surface area (Å²) in [5.41, 5.74) is 2.81. The van der Waals surface area contributed by atoms with E-state index in [1.807, 2.05) is 41.3 Å². The van der Waals surface area contributed by atoms with Gasteiger partial charge in [-0.3, -0.25) is 14.6 Å². The van der Waals surface area contributed by atoms with Crippen LogP contribution in [0.5, 0.6) is 0 Å². The van der Waals surface area contributed by atoms with Crippen molar-refractivity contribution in [2.45, 2.75) is 38.4 Å². The predicted molar refractivity (Wildman–Crippen MR) is 134 cm³/mol. The van der Waals surface area contributed by atoms with E-state index in [4.69, 9.17) is 9.47 Å². The predicted octanol–water partition coefficient (Wildman–Crippen LogP) is 2.57. The van der Waals surface area contributed by atoms with Crippen LogP contribution in [0.1, 0.15) is 30.7 Å². The number of H-pyrrole nitrogens is 1. The van der Waals surface area contributed by atoms with Gasteiger partial charge >= 0.3 is 0 Å². The molecule has 9 heteroatoms. The Morgan fingerprint density at radius 2 is 2.00 bits per heavy atom. The number of aryl methyl sites for hydroxylation is 1. The summed E-state index contributed by atoms with van der Waals surface area (Å²) in [6.07, 6.45) is 5.90. The monoisotopic (exact) mass is 491 g/mol. The number of hydrogen-bond donors (Lipinski definition) is 1. The zero-order valence-electron chi connectivity index (χ0n) is 20.5. The molecule has 0 unspecified atom stereocenters. The summed E-state index contributed by atoms with van der Waals surface area (Å²) in [5, 5.41) is 0. The number of imidazole rings is 1. The average molecular weight is 492 g/mol. The van der Waals surface area contributed by atoms with Gasteiger partial charge in [-0.05, 0) is 42.5 Å². The Balaban J connectivity index is 1.25. The molecule has 1 N–H and O–H groups in total. The SMILES string of the molecule is O=C(CCc1nc2ccccc2[nH]1)N1CC(=O)N(CC2CCOCC2)C[C@@H](OCc2cccnc2)C1. The van der Waals surface area contributed by atoms with Gasteiger partial charge in [0.15, 0.2) is 0 Å². The summed E-state index contributed by atoms with van der Waals surface area (Å²) in [5.74, 6) is 1.10. The number of aromatic nitrogens is 3. The van der Waals surface area contributed by atoms with Crippen LogP contribution >= 0.6 is 0 Å². The number of fused-ring (bicyclic) bond motifs is 1. The van der Waals surface area contributed by atoms with E-state index in [1.54, 1.807) is 17.3 Å². The Morgan fingerprint density at radius 1 is 1.14 bits per heavy atom. The third-order valence-corrected chi connectivity index (χ3v) is 6.92. The van der Waals surface area contributed by atoms with Crippen molar-refractivity contribution in [3.05, 3.63) is 60.2 Å². The van der Waals surface area contributed by atoms with Gasteiger partial charge in [-0.25, -0.2) is 4.98 Å². The highest BCUT2D eigenvalue weighted by Gasteiger charge is 2.32. The number of amides is 2. The molecule has 1 aromatic carbocycles. The molecule has 4 heterocycles. The maximum absolute atomic E-state index is 13.2. The lowest BCUT2D eigenvalue weighted by molar-refractivity contribution is -0.139. The summed E-state index contributed by atoms with van der Waals surface area (Å²) in [7, 11) is 0. The van der Waals surface area contributed by atoms with E-state index in [2.05, 4.69) is 15.0 Å². The van der Waals surface area contributed by atoms with Crippen LogP contribution in [-0.2, 0) is 32.1 Å². The number of para-hydroxylation sites is 2. The average Bonchev–Trinajstić information content (AvgIpc) is 3.26. The third-order valence-electron chi connectivity index (χ3n) is 6.92. The summed E-state index contributed by atoms with van der Waals surface area (Å²) in [6, 6.07) is 11.7. The van der Waals surface area contributed by atoms with E-state index in [0.717, 1.165) is 48.5 Å². The highest BCUT2D eigenvalue weighted by atomic mass is 16.5. The molecule has 2 amide bonds. The van der Waals surface area contributed by atoms with Crippen LogP contribution in [0, 0.1) is 5.92 Å². The molecule has 2 aliphatic heterocycles. The maximum atomic E-state index is 13.2. The number of hydrogen-bond acceptors (Lipinski definition) is 6. The minimum atomic E-state index is -0.272. The van der Waals surface area contributed by atoms with E-state index in [9.17, 15) is 9.59 Å². The Hall–Kier alpha value is -3.30. The quantitative estimate of drug-likeness (QED) is 0.520. The van der Waals surface area contributed by atoms with Crippen LogP contribution in [0.4, 0.5) is 0 Å². The van der Waals surface area contributed by atoms with E-state index < -0.39 is 0 Å². The second-order valence-corrected chi connectivity index (χ2v) is 9.62. The Bertz CT molecular complexity index is 1130. The fraction of sp³-hybridized carbons (Fsp3) is 0.481. The van der Waals surface area contributed by atoms with Gasteiger partial charge in [0.25, 0.3) is 0 Å². The van der Waals surface area contributed by atoms with Crippen LogP contribution in [0.15, 0.2) is 48.8 Å². The second-order valence-electron chi connectivity index (χ2n) is 9.62. The first-order chi connectivity index (χ1) is 17.6. The lowest BCUT2D eigenvalue weighted by Gasteiger charge is -2.30. The van der Waals surface area contributed by atoms with Crippen molar-refractivity contribution >= 4 is 22.8 Å². The van der Waals surface area contributed by atoms with E-state index in [-0.39, 0.29) is 30.9 Å². The minimum absolute atomic E-state index is 0.0222. The van der Waals surface area contributed by atoms with E-state index >= 15 is 0 Å². The first kappa shape index (κ1) is 24.4. The molecule has 0 aliphatic carbocycles. The summed E-state index contributed by atoms with van der Waals surface area (Å²) >= 11 is 0. The number of aromatic amines is 1. The van der Waals surface area contributed by atoms with Crippen molar-refractivity contribution in [1.29, 1.82) is 0 Å². The van der Waals surface area contributed by atoms with Gasteiger partial charge in [-0.1, -0.05) is 18.2 Å². The van der Waals surface area contributed by atoms with Crippen LogP contribution < -0.4 is 0 Å². The lowest BCUT2D eigenvalue weighted by Crippen LogP contribution is -2.42. The molecule has 9 nitrogen and oxygen atoms in total. The Kier molecular flexibility index (Phi) is 7.88. The molecule has 0 saturated carbocycles. The molecule has 5 rings (SSSR count). The second kappa shape index (κ2) is 11.6. The van der Waals surface area contributed by atoms with Crippen molar-refractivity contribution in [3.8, 4) is 0 Å². The van der Waals surface area contributed by atoms with Gasteiger partial charge in [-0.15, -0.1) is 0 Å². The third kappa shape index (κ3) is 6.27. The van der Waals surface area contributed by atoms with Crippen LogP contribution in [0.2, 0.25) is 0 Å². The Morgan fingerprint density at radius 3 is 2.81 bits per heavy atom. The van der Waals surface area contributed by atoms with E-state index in [0.29, 0.717) is 38.6 Å². The van der Waals surface area contributed by atoms with Crippen LogP contribution in [-0.4, -0.2) is 82.1 Å². The number of ether oxygens (including phenoxy) is 2. The van der Waals surface area contributed by atoms with Gasteiger partial charge in [0.2, 0.25) is 11.8 Å². The summed E-state index contributed by atoms with van der Waals surface area (Å²) in [4.78, 5) is 42.0. The molecule has 0 bridgehead atoms. The largest absolute Gasteiger partial charge is 0.381 e. The fourth-order valence-electron chi connectivity index (χ4n) is 4.90. The van der Waals surface area contributed by atoms with Crippen molar-refractivity contribution in [3.63, 3.8) is 0 Å². The first-order valence-electron chi connectivity index (χ1n) is 12.7. The van der Waals surface area contributed by atoms with Crippen molar-refractivity contribution in [2.75, 3.05) is 39.4 Å². The standard InChI is InChI=1S/C27H33N5O4/c33-26(8-7-25-29-23-5-1-2-6-24(23)30-25)32-17-22(36-19-21-4-3-11-28-14-21)16-31(27(34)18-32)15-20-9-12-35-13-10-20/h1-6,11,14,20,22H,7-10,12-13,15-19H2,(H,29,30)/t22-/m1/s1. The number of pyridine rings is 1. The van der Waals surface area contributed by atoms with Gasteiger partial charge in [0.1, 0.15) is 5.82 Å². The molecule has 2 aliphatic rings. The first-order valence-corrected chi connectivity index (χ1v) is 12.7. The molecule has 2 aromatic heterocycles. The number of carbonyl (C=O) groups excluding carboxylic acids is 2. The molecule has 1 atom stereocenters. The molecule has 0 radical (unpaired) electrons. The zero-order chi connectivity index (χ0) is 24.7. The van der Waals surface area contributed by atoms with E-state index in [1.165, 1.54) is 0 Å². The topological polar surface area (TPSA) is 101 Å². The molecule has 190 valence electrons. The zero-order valence-corrected chi connectivity index (χ0v) is 20.5. The molecule has 36 heavy (non-hydrogen) atoms. The minimum Gasteiger partial charge on any atom is -0.381 e. The smallest absolute Gasteiger partial charge is 0.242 e. The number of rotatable bonds is 8. The van der Waals surface area contributed by atoms with Crippen molar-refractivity contribution < 1.29 is 19.1 Å². The van der Waals surface area contributed by atoms with Gasteiger partial charge < -0.3 is 24.3 Å². The number of nitrogens with one attached hydrogen (secondary N) is 1. The van der Waals surface area contributed by atoms with Gasteiger partial charge in [0.05, 0.1) is 30.3 Å². The fourth-order valence-corrected chi connectivity index (χ4v) is 4.90. The van der Waals surface area contributed by atoms with Crippen molar-refractivity contribution in [2.24, 2.45) is 5.92 Å². The Labute approximate surface area is 210 Å². The molecule has 2 fully saturated rings. The van der Waals surface area contributed by atoms with Gasteiger partial charge in [-0.2, -0.15) is 0 Å². The maximum Gasteiger partial charge on any atom is 0.242 e. The molecular formula is C27H33N5O4. The summed E-state index contributed by atoms with van der Waals surface area (Å²) in [6.45, 7) is 3.48. The number of benzene rings is 1. The normalized spacial score (nSPS) is 19.6. The van der Waals surface area contributed by atoms with Crippen LogP contribution in [0.3, 0.4) is 0 Å². The van der Waals surface area contributed by atoms with Crippen LogP contribution in [0.25, 0.3) is 11.0 Å². The molecular weight excluding hydrogens is 458 g/mol. The number of nitrogens with zero attached hydrogens (tertiary/aromatic N) is 4. The molecule has 2 saturated heterocycles. The molecule has 0 spiro atoms. The molecule has 3 aromatic rings.